The Morgan fingerprint density at radius 1 is 1.38 bits per heavy atom. The molecule has 0 fully saturated rings. The third kappa shape index (κ3) is 0.473. The van der Waals surface area contributed by atoms with E-state index in [9.17, 15) is 0 Å². The van der Waals surface area contributed by atoms with Crippen molar-refractivity contribution in [2.24, 2.45) is 0 Å². The van der Waals surface area contributed by atoms with Crippen molar-refractivity contribution in [2.45, 2.75) is 0 Å². The van der Waals surface area contributed by atoms with Crippen LogP contribution in [0.1, 0.15) is 0 Å². The van der Waals surface area contributed by atoms with E-state index in [4.69, 9.17) is 4.42 Å². The molecule has 40 valence electrons. The Balaban J connectivity index is 3.06. The number of rotatable bonds is 0. The summed E-state index contributed by atoms with van der Waals surface area (Å²) >= 11 is 0.485. The Hall–Kier alpha value is -0.461. The van der Waals surface area contributed by atoms with Crippen molar-refractivity contribution in [1.82, 2.24) is 0 Å². The first-order valence-electron chi connectivity index (χ1n) is 2.37. The fourth-order valence-corrected chi connectivity index (χ4v) is 2.21. The van der Waals surface area contributed by atoms with Crippen molar-refractivity contribution in [3.8, 4) is 0 Å². The topological polar surface area (TPSA) is 13.1 Å². The third-order valence-corrected chi connectivity index (χ3v) is 2.80. The molecule has 2 aromatic heterocycles. The minimum atomic E-state index is 0.485. The second-order valence-electron chi connectivity index (χ2n) is 1.58. The summed E-state index contributed by atoms with van der Waals surface area (Å²) in [6.07, 6.45) is 1.75. The zero-order valence-electron chi connectivity index (χ0n) is 4.13. The first-order chi connectivity index (χ1) is 3.97. The van der Waals surface area contributed by atoms with Crippen molar-refractivity contribution < 1.29 is 4.42 Å². The number of hydrogen-bond donors (Lipinski definition) is 0. The summed E-state index contributed by atoms with van der Waals surface area (Å²) in [6, 6.07) is 4.11. The Bertz CT molecular complexity index is 230. The predicted molar refractivity (Wildman–Crippen MR) is 33.2 cm³/mol. The molecule has 8 heavy (non-hydrogen) atoms. The Kier molecular flexibility index (Phi) is 0.833. The van der Waals surface area contributed by atoms with E-state index in [1.165, 1.54) is 5.39 Å². The zero-order valence-corrected chi connectivity index (χ0v) is 5.84. The van der Waals surface area contributed by atoms with Crippen LogP contribution in [0.2, 0.25) is 0 Å². The summed E-state index contributed by atoms with van der Waals surface area (Å²) in [7, 11) is 0. The number of hydrogen-bond acceptors (Lipinski definition) is 1. The van der Waals surface area contributed by atoms with Gasteiger partial charge < -0.3 is 0 Å². The SMILES string of the molecule is c1cc2cc[se]c2o1. The molecule has 0 bridgehead atoms. The standard InChI is InChI=1S/C6H4OSe/c1-3-7-6-5(1)2-4-8-6/h1-4H. The van der Waals surface area contributed by atoms with E-state index in [2.05, 4.69) is 11.0 Å². The van der Waals surface area contributed by atoms with Crippen LogP contribution in [0, 0.1) is 0 Å². The van der Waals surface area contributed by atoms with Crippen molar-refractivity contribution >= 4 is 24.3 Å². The molecule has 0 radical (unpaired) electrons. The van der Waals surface area contributed by atoms with Gasteiger partial charge in [0.05, 0.1) is 0 Å². The van der Waals surface area contributed by atoms with Crippen LogP contribution < -0.4 is 0 Å². The first-order valence-corrected chi connectivity index (χ1v) is 4.22. The quantitative estimate of drug-likeness (QED) is 0.547. The van der Waals surface area contributed by atoms with Crippen LogP contribution >= 0.6 is 0 Å². The molecule has 0 N–H and O–H groups in total. The van der Waals surface area contributed by atoms with Gasteiger partial charge in [0.25, 0.3) is 0 Å². The van der Waals surface area contributed by atoms with E-state index in [-0.39, 0.29) is 0 Å². The molecule has 0 spiro atoms. The van der Waals surface area contributed by atoms with E-state index < -0.39 is 0 Å². The molecule has 0 aliphatic carbocycles. The van der Waals surface area contributed by atoms with Gasteiger partial charge in [0, 0.05) is 0 Å². The molecule has 0 atom stereocenters. The maximum atomic E-state index is 5.14. The van der Waals surface area contributed by atoms with E-state index in [1.807, 2.05) is 6.07 Å². The molecule has 0 unspecified atom stereocenters. The van der Waals surface area contributed by atoms with Gasteiger partial charge >= 0.3 is 52.1 Å². The molecule has 2 heteroatoms. The summed E-state index contributed by atoms with van der Waals surface area (Å²) in [5.74, 6) is 0. The predicted octanol–water partition coefficient (Wildman–Crippen LogP) is 1.49. The van der Waals surface area contributed by atoms with Crippen LogP contribution in [0.25, 0.3) is 9.84 Å². The van der Waals surface area contributed by atoms with Crippen LogP contribution in [0.15, 0.2) is 27.8 Å². The molecule has 2 heterocycles. The summed E-state index contributed by atoms with van der Waals surface area (Å²) in [5.41, 5.74) is 0. The Morgan fingerprint density at radius 2 is 2.38 bits per heavy atom. The van der Waals surface area contributed by atoms with E-state index in [0.29, 0.717) is 14.5 Å². The second kappa shape index (κ2) is 1.51. The fourth-order valence-electron chi connectivity index (χ4n) is 0.694. The van der Waals surface area contributed by atoms with Crippen LogP contribution in [0.5, 0.6) is 0 Å². The molecular weight excluding hydrogens is 167 g/mol. The van der Waals surface area contributed by atoms with Gasteiger partial charge in [0.2, 0.25) is 0 Å². The van der Waals surface area contributed by atoms with Crippen LogP contribution in [-0.4, -0.2) is 14.5 Å². The molecule has 1 nitrogen and oxygen atoms in total. The average molecular weight is 171 g/mol. The van der Waals surface area contributed by atoms with Gasteiger partial charge in [0.1, 0.15) is 0 Å². The summed E-state index contributed by atoms with van der Waals surface area (Å²) < 4.78 is 6.31. The monoisotopic (exact) mass is 172 g/mol. The zero-order chi connectivity index (χ0) is 5.40. The van der Waals surface area contributed by atoms with Gasteiger partial charge in [0.15, 0.2) is 0 Å². The van der Waals surface area contributed by atoms with Crippen LogP contribution in [0.3, 0.4) is 0 Å². The number of fused-ring (bicyclic) bond motifs is 1. The molecule has 0 saturated heterocycles. The minimum absolute atomic E-state index is 0.485. The molecule has 0 aliphatic heterocycles. The van der Waals surface area contributed by atoms with Crippen LogP contribution in [-0.2, 0) is 0 Å². The van der Waals surface area contributed by atoms with Crippen molar-refractivity contribution in [2.75, 3.05) is 0 Å². The third-order valence-electron chi connectivity index (χ3n) is 1.08. The van der Waals surface area contributed by atoms with Gasteiger partial charge in [-0.2, -0.15) is 0 Å². The molecule has 0 aromatic carbocycles. The normalized spacial score (nSPS) is 10.5. The van der Waals surface area contributed by atoms with Gasteiger partial charge in [-0.1, -0.05) is 0 Å². The first kappa shape index (κ1) is 4.42. The van der Waals surface area contributed by atoms with Gasteiger partial charge in [-0.15, -0.1) is 0 Å². The van der Waals surface area contributed by atoms with Crippen LogP contribution in [0.4, 0.5) is 0 Å². The molecular formula is C6H4OSe. The number of furan rings is 1. The Labute approximate surface area is 52.7 Å². The van der Waals surface area contributed by atoms with Gasteiger partial charge in [-0.05, 0) is 0 Å². The molecule has 2 rings (SSSR count). The molecule has 2 aromatic rings. The van der Waals surface area contributed by atoms with E-state index >= 15 is 0 Å². The van der Waals surface area contributed by atoms with Gasteiger partial charge in [-0.25, -0.2) is 0 Å². The van der Waals surface area contributed by atoms with Crippen molar-refractivity contribution in [3.05, 3.63) is 23.3 Å². The summed E-state index contributed by atoms with van der Waals surface area (Å²) in [5, 5.41) is 1.27. The Morgan fingerprint density at radius 3 is 3.25 bits per heavy atom. The molecule has 0 saturated carbocycles. The molecule has 0 aliphatic rings. The fraction of sp³-hybridized carbons (Fsp3) is 0. The second-order valence-corrected chi connectivity index (χ2v) is 3.43. The van der Waals surface area contributed by atoms with Gasteiger partial charge in [-0.3, -0.25) is 0 Å². The summed E-state index contributed by atoms with van der Waals surface area (Å²) in [6.45, 7) is 0. The maximum absolute atomic E-state index is 5.14. The molecule has 0 amide bonds. The van der Waals surface area contributed by atoms with Crippen molar-refractivity contribution in [3.63, 3.8) is 0 Å². The van der Waals surface area contributed by atoms with E-state index in [0.717, 1.165) is 4.46 Å². The summed E-state index contributed by atoms with van der Waals surface area (Å²) in [4.78, 5) is 2.17. The van der Waals surface area contributed by atoms with Crippen molar-refractivity contribution in [1.29, 1.82) is 0 Å². The average Bonchev–Trinajstić information content (AvgIpc) is 2.15. The van der Waals surface area contributed by atoms with E-state index in [1.54, 1.807) is 6.26 Å².